The van der Waals surface area contributed by atoms with Gasteiger partial charge in [-0.1, -0.05) is 28.0 Å². The Morgan fingerprint density at radius 1 is 1.47 bits per heavy atom. The summed E-state index contributed by atoms with van der Waals surface area (Å²) in [5.41, 5.74) is 1.86. The zero-order valence-electron chi connectivity index (χ0n) is 10.8. The number of carbonyl (C=O) groups excluding carboxylic acids is 1. The van der Waals surface area contributed by atoms with Gasteiger partial charge in [-0.3, -0.25) is 0 Å². The lowest BCUT2D eigenvalue weighted by Crippen LogP contribution is -2.03. The summed E-state index contributed by atoms with van der Waals surface area (Å²) in [7, 11) is 0. The van der Waals surface area contributed by atoms with E-state index >= 15 is 0 Å². The summed E-state index contributed by atoms with van der Waals surface area (Å²) in [5.74, 6) is 0.309. The third-order valence-electron chi connectivity index (χ3n) is 2.61. The molecule has 0 aliphatic carbocycles. The van der Waals surface area contributed by atoms with Crippen molar-refractivity contribution in [3.8, 4) is 5.75 Å². The molecule has 0 fully saturated rings. The summed E-state index contributed by atoms with van der Waals surface area (Å²) in [6.45, 7) is 4.42. The van der Waals surface area contributed by atoms with E-state index in [0.717, 1.165) is 22.2 Å². The van der Waals surface area contributed by atoms with Gasteiger partial charge in [-0.25, -0.2) is 4.79 Å². The van der Waals surface area contributed by atoms with Crippen molar-refractivity contribution in [3.05, 3.63) is 33.8 Å². The van der Waals surface area contributed by atoms with Crippen LogP contribution in [-0.2, 0) is 9.63 Å². The predicted molar refractivity (Wildman–Crippen MR) is 77.1 cm³/mol. The number of rotatable bonds is 4. The number of hydrogen-bond donors (Lipinski definition) is 0. The first kappa shape index (κ1) is 13.8. The summed E-state index contributed by atoms with van der Waals surface area (Å²) >= 11 is 3.41. The maximum atomic E-state index is 11.5. The summed E-state index contributed by atoms with van der Waals surface area (Å²) < 4.78 is 6.59. The molecule has 0 N–H and O–H groups in total. The van der Waals surface area contributed by atoms with Gasteiger partial charge in [0.15, 0.2) is 0 Å². The monoisotopic (exact) mass is 323 g/mol. The van der Waals surface area contributed by atoms with Gasteiger partial charge in [0.2, 0.25) is 0 Å². The van der Waals surface area contributed by atoms with Gasteiger partial charge in [-0.05, 0) is 37.6 Å². The minimum absolute atomic E-state index is 0.432. The van der Waals surface area contributed by atoms with E-state index in [1.54, 1.807) is 13.0 Å². The van der Waals surface area contributed by atoms with Crippen molar-refractivity contribution in [2.75, 3.05) is 6.61 Å². The second-order valence-electron chi connectivity index (χ2n) is 4.14. The van der Waals surface area contributed by atoms with Gasteiger partial charge in [0.1, 0.15) is 5.75 Å². The van der Waals surface area contributed by atoms with Crippen LogP contribution in [0.5, 0.6) is 5.75 Å². The van der Waals surface area contributed by atoms with Crippen LogP contribution >= 0.6 is 15.9 Å². The number of ether oxygens (including phenoxy) is 1. The number of hydrogen-bond acceptors (Lipinski definition) is 4. The van der Waals surface area contributed by atoms with Crippen molar-refractivity contribution in [3.63, 3.8) is 0 Å². The number of carbonyl (C=O) groups is 1. The third-order valence-corrected chi connectivity index (χ3v) is 3.10. The second kappa shape index (κ2) is 6.02. The van der Waals surface area contributed by atoms with E-state index in [-0.39, 0.29) is 0 Å². The minimum Gasteiger partial charge on any atom is -0.493 e. The van der Waals surface area contributed by atoms with E-state index in [9.17, 15) is 4.79 Å². The highest BCUT2D eigenvalue weighted by molar-refractivity contribution is 9.10. The molecule has 0 amide bonds. The molecule has 2 rings (SSSR count). The molecule has 1 aromatic rings. The Hall–Kier alpha value is -1.62. The Balaban J connectivity index is 2.38. The van der Waals surface area contributed by atoms with Gasteiger partial charge in [-0.15, -0.1) is 0 Å². The van der Waals surface area contributed by atoms with E-state index < -0.39 is 5.97 Å². The quantitative estimate of drug-likeness (QED) is 0.628. The molecule has 5 heteroatoms. The van der Waals surface area contributed by atoms with Crippen LogP contribution in [0.2, 0.25) is 0 Å². The molecule has 0 saturated heterocycles. The molecule has 0 unspecified atom stereocenters. The maximum Gasteiger partial charge on any atom is 0.367 e. The highest BCUT2D eigenvalue weighted by Crippen LogP contribution is 2.27. The fraction of sp³-hybridized carbons (Fsp3) is 0.286. The third kappa shape index (κ3) is 3.23. The first-order valence-electron chi connectivity index (χ1n) is 6.02. The van der Waals surface area contributed by atoms with Crippen LogP contribution in [0.1, 0.15) is 25.8 Å². The SMILES string of the molecule is CCCOc1ccc(Br)cc1C=C1C(=O)ON=C1C. The summed E-state index contributed by atoms with van der Waals surface area (Å²) in [6.07, 6.45) is 2.67. The van der Waals surface area contributed by atoms with Crippen molar-refractivity contribution >= 4 is 33.7 Å². The molecule has 1 aromatic carbocycles. The van der Waals surface area contributed by atoms with Crippen molar-refractivity contribution in [2.24, 2.45) is 5.16 Å². The fourth-order valence-corrected chi connectivity index (χ4v) is 2.03. The van der Waals surface area contributed by atoms with Crippen molar-refractivity contribution in [1.82, 2.24) is 0 Å². The number of nitrogens with zero attached hydrogens (tertiary/aromatic N) is 1. The van der Waals surface area contributed by atoms with E-state index in [0.29, 0.717) is 17.9 Å². The van der Waals surface area contributed by atoms with E-state index in [2.05, 4.69) is 25.9 Å². The molecule has 100 valence electrons. The molecule has 19 heavy (non-hydrogen) atoms. The Labute approximate surface area is 120 Å². The normalized spacial score (nSPS) is 16.5. The average molecular weight is 324 g/mol. The van der Waals surface area contributed by atoms with Crippen LogP contribution in [0.25, 0.3) is 6.08 Å². The van der Waals surface area contributed by atoms with Crippen LogP contribution in [-0.4, -0.2) is 18.3 Å². The zero-order chi connectivity index (χ0) is 13.8. The van der Waals surface area contributed by atoms with Gasteiger partial charge < -0.3 is 9.57 Å². The molecule has 0 bridgehead atoms. The lowest BCUT2D eigenvalue weighted by molar-refractivity contribution is -0.136. The van der Waals surface area contributed by atoms with Crippen LogP contribution in [0, 0.1) is 0 Å². The molecule has 0 spiro atoms. The highest BCUT2D eigenvalue weighted by Gasteiger charge is 2.22. The Kier molecular flexibility index (Phi) is 4.37. The number of halogens is 1. The molecular weight excluding hydrogens is 310 g/mol. The topological polar surface area (TPSA) is 47.9 Å². The molecule has 0 radical (unpaired) electrons. The average Bonchev–Trinajstić information content (AvgIpc) is 2.70. The van der Waals surface area contributed by atoms with Crippen molar-refractivity contribution in [2.45, 2.75) is 20.3 Å². The fourth-order valence-electron chi connectivity index (χ4n) is 1.65. The largest absolute Gasteiger partial charge is 0.493 e. The van der Waals surface area contributed by atoms with Crippen molar-refractivity contribution < 1.29 is 14.4 Å². The van der Waals surface area contributed by atoms with Crippen LogP contribution in [0.4, 0.5) is 0 Å². The smallest absolute Gasteiger partial charge is 0.367 e. The molecule has 1 aliphatic rings. The van der Waals surface area contributed by atoms with Crippen LogP contribution in [0.15, 0.2) is 33.4 Å². The Bertz CT molecular complexity index is 564. The Morgan fingerprint density at radius 3 is 2.89 bits per heavy atom. The van der Waals surface area contributed by atoms with E-state index in [1.807, 2.05) is 25.1 Å². The molecule has 1 heterocycles. The molecular formula is C14H14BrNO3. The predicted octanol–water partition coefficient (Wildman–Crippen LogP) is 3.55. The van der Waals surface area contributed by atoms with Gasteiger partial charge in [0, 0.05) is 10.0 Å². The number of benzene rings is 1. The minimum atomic E-state index is -0.432. The van der Waals surface area contributed by atoms with Gasteiger partial charge >= 0.3 is 5.97 Å². The lowest BCUT2D eigenvalue weighted by Gasteiger charge is -2.09. The summed E-state index contributed by atoms with van der Waals surface area (Å²) in [5, 5.41) is 3.66. The second-order valence-corrected chi connectivity index (χ2v) is 5.06. The van der Waals surface area contributed by atoms with Gasteiger partial charge in [-0.2, -0.15) is 0 Å². The standard InChI is InChI=1S/C14H14BrNO3/c1-3-6-18-13-5-4-11(15)7-10(13)8-12-9(2)16-19-14(12)17/h4-5,7-8H,3,6H2,1-2H3. The molecule has 0 aromatic heterocycles. The summed E-state index contributed by atoms with van der Waals surface area (Å²) in [6, 6.07) is 5.68. The molecule has 0 atom stereocenters. The highest BCUT2D eigenvalue weighted by atomic mass is 79.9. The van der Waals surface area contributed by atoms with E-state index in [1.165, 1.54) is 0 Å². The Morgan fingerprint density at radius 2 is 2.26 bits per heavy atom. The van der Waals surface area contributed by atoms with Gasteiger partial charge in [0.25, 0.3) is 0 Å². The first-order chi connectivity index (χ1) is 9.11. The molecule has 1 aliphatic heterocycles. The zero-order valence-corrected chi connectivity index (χ0v) is 12.4. The van der Waals surface area contributed by atoms with Crippen molar-refractivity contribution in [1.29, 1.82) is 0 Å². The van der Waals surface area contributed by atoms with Crippen LogP contribution < -0.4 is 4.74 Å². The lowest BCUT2D eigenvalue weighted by atomic mass is 10.1. The van der Waals surface area contributed by atoms with Crippen LogP contribution in [0.3, 0.4) is 0 Å². The molecule has 4 nitrogen and oxygen atoms in total. The molecule has 0 saturated carbocycles. The maximum absolute atomic E-state index is 11.5. The van der Waals surface area contributed by atoms with E-state index in [4.69, 9.17) is 4.74 Å². The first-order valence-corrected chi connectivity index (χ1v) is 6.81. The van der Waals surface area contributed by atoms with Gasteiger partial charge in [0.05, 0.1) is 17.9 Å². The number of oxime groups is 1. The summed E-state index contributed by atoms with van der Waals surface area (Å²) in [4.78, 5) is 16.2.